The van der Waals surface area contributed by atoms with Crippen molar-refractivity contribution >= 4 is 16.8 Å². The summed E-state index contributed by atoms with van der Waals surface area (Å²) < 4.78 is 1.91. The summed E-state index contributed by atoms with van der Waals surface area (Å²) >= 11 is 0. The Morgan fingerprint density at radius 1 is 1.42 bits per heavy atom. The van der Waals surface area contributed by atoms with E-state index in [1.807, 2.05) is 10.9 Å². The molecule has 0 spiro atoms. The summed E-state index contributed by atoms with van der Waals surface area (Å²) in [6, 6.07) is 6.32. The van der Waals surface area contributed by atoms with Crippen molar-refractivity contribution in [1.82, 2.24) is 25.3 Å². The smallest absolute Gasteiger partial charge is 0.252 e. The average Bonchev–Trinajstić information content (AvgIpc) is 3.20. The number of aromatic amines is 1. The fourth-order valence-electron chi connectivity index (χ4n) is 3.39. The lowest BCUT2D eigenvalue weighted by Crippen LogP contribution is -2.30. The molecule has 1 aliphatic heterocycles. The van der Waals surface area contributed by atoms with Gasteiger partial charge in [0.2, 0.25) is 0 Å². The zero-order valence-electron chi connectivity index (χ0n) is 13.3. The number of hydrogen-bond donors (Lipinski definition) is 3. The number of hydrogen-bond acceptors (Lipinski definition) is 4. The highest BCUT2D eigenvalue weighted by molar-refractivity contribution is 5.93. The molecule has 0 saturated carbocycles. The minimum atomic E-state index is -0.391. The first kappa shape index (κ1) is 14.9. The van der Waals surface area contributed by atoms with Crippen LogP contribution < -0.4 is 11.1 Å². The van der Waals surface area contributed by atoms with Crippen LogP contribution in [-0.4, -0.2) is 32.4 Å². The SMILES string of the molecule is NC(=O)c1cnn2c1C[C@@H](CNCc1ccc3cn[nH]c3c1)CC2. The largest absolute Gasteiger partial charge is 0.365 e. The van der Waals surface area contributed by atoms with Crippen molar-refractivity contribution in [1.29, 1.82) is 0 Å². The van der Waals surface area contributed by atoms with E-state index in [0.717, 1.165) is 49.1 Å². The number of carbonyl (C=O) groups is 1. The molecule has 4 rings (SSSR count). The van der Waals surface area contributed by atoms with Gasteiger partial charge in [-0.05, 0) is 36.9 Å². The van der Waals surface area contributed by atoms with Gasteiger partial charge in [0, 0.05) is 18.5 Å². The van der Waals surface area contributed by atoms with Gasteiger partial charge in [0.25, 0.3) is 5.91 Å². The molecule has 1 amide bonds. The molecule has 7 heteroatoms. The molecular weight excluding hydrogens is 304 g/mol. The number of primary amides is 1. The molecule has 24 heavy (non-hydrogen) atoms. The van der Waals surface area contributed by atoms with Gasteiger partial charge >= 0.3 is 0 Å². The summed E-state index contributed by atoms with van der Waals surface area (Å²) in [5, 5.41) is 15.9. The topological polar surface area (TPSA) is 102 Å². The van der Waals surface area contributed by atoms with Crippen LogP contribution in [0.3, 0.4) is 0 Å². The Hall–Kier alpha value is -2.67. The highest BCUT2D eigenvalue weighted by Crippen LogP contribution is 2.22. The first-order valence-corrected chi connectivity index (χ1v) is 8.18. The van der Waals surface area contributed by atoms with Gasteiger partial charge in [-0.15, -0.1) is 0 Å². The van der Waals surface area contributed by atoms with Crippen molar-refractivity contribution in [3.63, 3.8) is 0 Å². The summed E-state index contributed by atoms with van der Waals surface area (Å²) in [6.45, 7) is 2.56. The molecule has 0 aliphatic carbocycles. The fourth-order valence-corrected chi connectivity index (χ4v) is 3.39. The molecule has 0 bridgehead atoms. The van der Waals surface area contributed by atoms with Gasteiger partial charge in [-0.2, -0.15) is 10.2 Å². The van der Waals surface area contributed by atoms with Gasteiger partial charge in [0.15, 0.2) is 0 Å². The first-order chi connectivity index (χ1) is 11.7. The minimum absolute atomic E-state index is 0.391. The van der Waals surface area contributed by atoms with E-state index in [9.17, 15) is 4.79 Å². The van der Waals surface area contributed by atoms with E-state index in [1.54, 1.807) is 6.20 Å². The predicted octanol–water partition coefficient (Wildman–Crippen LogP) is 1.21. The molecule has 124 valence electrons. The zero-order valence-corrected chi connectivity index (χ0v) is 13.3. The van der Waals surface area contributed by atoms with Crippen molar-refractivity contribution < 1.29 is 4.79 Å². The van der Waals surface area contributed by atoms with Crippen LogP contribution in [0.5, 0.6) is 0 Å². The standard InChI is InChI=1S/C17H20N6O/c18-17(24)14-10-21-23-4-3-12(6-16(14)23)8-19-7-11-1-2-13-9-20-22-15(13)5-11/h1-2,5,9-10,12,19H,3-4,6-8H2,(H2,18,24)(H,20,22)/t12-/m0/s1. The van der Waals surface area contributed by atoms with Crippen LogP contribution >= 0.6 is 0 Å². The van der Waals surface area contributed by atoms with E-state index in [2.05, 4.69) is 38.8 Å². The minimum Gasteiger partial charge on any atom is -0.365 e. The maximum atomic E-state index is 11.5. The molecule has 1 atom stereocenters. The monoisotopic (exact) mass is 324 g/mol. The van der Waals surface area contributed by atoms with Gasteiger partial charge in [-0.3, -0.25) is 14.6 Å². The third-order valence-corrected chi connectivity index (χ3v) is 4.71. The molecule has 0 saturated heterocycles. The van der Waals surface area contributed by atoms with Crippen molar-refractivity contribution in [3.05, 3.63) is 47.4 Å². The molecule has 3 aromatic rings. The van der Waals surface area contributed by atoms with Crippen LogP contribution in [-0.2, 0) is 19.5 Å². The Labute approximate surface area is 139 Å². The van der Waals surface area contributed by atoms with Crippen LogP contribution in [0.2, 0.25) is 0 Å². The summed E-state index contributed by atoms with van der Waals surface area (Å²) in [7, 11) is 0. The molecule has 0 unspecified atom stereocenters. The molecule has 2 aromatic heterocycles. The number of nitrogens with one attached hydrogen (secondary N) is 2. The second kappa shape index (κ2) is 6.09. The molecule has 1 aliphatic rings. The normalized spacial score (nSPS) is 17.1. The van der Waals surface area contributed by atoms with E-state index in [1.165, 1.54) is 5.56 Å². The first-order valence-electron chi connectivity index (χ1n) is 8.18. The molecule has 4 N–H and O–H groups in total. The third kappa shape index (κ3) is 2.78. The number of aryl methyl sites for hydroxylation is 1. The maximum absolute atomic E-state index is 11.5. The average molecular weight is 324 g/mol. The molecule has 7 nitrogen and oxygen atoms in total. The quantitative estimate of drug-likeness (QED) is 0.656. The zero-order chi connectivity index (χ0) is 16.5. The Morgan fingerprint density at radius 2 is 2.33 bits per heavy atom. The molecule has 0 radical (unpaired) electrons. The summed E-state index contributed by atoms with van der Waals surface area (Å²) in [5.41, 5.74) is 9.24. The third-order valence-electron chi connectivity index (χ3n) is 4.71. The van der Waals surface area contributed by atoms with Crippen LogP contribution in [0.15, 0.2) is 30.6 Å². The Kier molecular flexibility index (Phi) is 3.78. The number of carbonyl (C=O) groups excluding carboxylic acids is 1. The Balaban J connectivity index is 1.36. The Bertz CT molecular complexity index is 880. The van der Waals surface area contributed by atoms with Crippen molar-refractivity contribution in [3.8, 4) is 0 Å². The predicted molar refractivity (Wildman–Crippen MR) is 90.4 cm³/mol. The lowest BCUT2D eigenvalue weighted by atomic mass is 9.94. The highest BCUT2D eigenvalue weighted by Gasteiger charge is 2.23. The van der Waals surface area contributed by atoms with Gasteiger partial charge < -0.3 is 11.1 Å². The Morgan fingerprint density at radius 3 is 3.21 bits per heavy atom. The lowest BCUT2D eigenvalue weighted by Gasteiger charge is -2.24. The van der Waals surface area contributed by atoms with E-state index in [0.29, 0.717) is 11.5 Å². The fraction of sp³-hybridized carbons (Fsp3) is 0.353. The van der Waals surface area contributed by atoms with E-state index in [4.69, 9.17) is 5.73 Å². The second-order valence-electron chi connectivity index (χ2n) is 6.37. The number of H-pyrrole nitrogens is 1. The number of aromatic nitrogens is 4. The molecule has 1 aromatic carbocycles. The molecular formula is C17H20N6O. The van der Waals surface area contributed by atoms with E-state index < -0.39 is 5.91 Å². The van der Waals surface area contributed by atoms with Crippen LogP contribution in [0.4, 0.5) is 0 Å². The van der Waals surface area contributed by atoms with Crippen LogP contribution in [0, 0.1) is 5.92 Å². The number of nitrogens with zero attached hydrogens (tertiary/aromatic N) is 3. The number of rotatable bonds is 5. The van der Waals surface area contributed by atoms with E-state index >= 15 is 0 Å². The number of benzene rings is 1. The molecule has 3 heterocycles. The number of amides is 1. The van der Waals surface area contributed by atoms with Gasteiger partial charge in [-0.25, -0.2) is 0 Å². The summed E-state index contributed by atoms with van der Waals surface area (Å²) in [4.78, 5) is 11.5. The summed E-state index contributed by atoms with van der Waals surface area (Å²) in [6.07, 6.45) is 5.31. The highest BCUT2D eigenvalue weighted by atomic mass is 16.1. The van der Waals surface area contributed by atoms with Crippen molar-refractivity contribution in [2.75, 3.05) is 6.54 Å². The number of nitrogens with two attached hydrogens (primary N) is 1. The van der Waals surface area contributed by atoms with Crippen molar-refractivity contribution in [2.24, 2.45) is 11.7 Å². The van der Waals surface area contributed by atoms with Crippen LogP contribution in [0.25, 0.3) is 10.9 Å². The number of fused-ring (bicyclic) bond motifs is 2. The van der Waals surface area contributed by atoms with E-state index in [-0.39, 0.29) is 0 Å². The maximum Gasteiger partial charge on any atom is 0.252 e. The van der Waals surface area contributed by atoms with Gasteiger partial charge in [0.1, 0.15) is 0 Å². The molecule has 0 fully saturated rings. The van der Waals surface area contributed by atoms with Crippen molar-refractivity contribution in [2.45, 2.75) is 25.9 Å². The lowest BCUT2D eigenvalue weighted by molar-refractivity contribution is 0.0998. The summed E-state index contributed by atoms with van der Waals surface area (Å²) in [5.74, 6) is 0.0981. The van der Waals surface area contributed by atoms with Crippen LogP contribution in [0.1, 0.15) is 28.0 Å². The van der Waals surface area contributed by atoms with Gasteiger partial charge in [-0.1, -0.05) is 12.1 Å². The van der Waals surface area contributed by atoms with Gasteiger partial charge in [0.05, 0.1) is 29.2 Å². The second-order valence-corrected chi connectivity index (χ2v) is 6.37.